The standard InChI is InChI=1S/C19H21N3O2S/c1-3-20-19(24)21-15-10-8-14(9-11-15)18-22(17(23)12-25-18)16-7-5-4-6-13(16)2/h4-11,18H,3,12H2,1-2H3,(H2,20,21,24)/t18-/m0/s1. The van der Waals surface area contributed by atoms with Crippen molar-refractivity contribution in [1.29, 1.82) is 0 Å². The molecule has 1 heterocycles. The van der Waals surface area contributed by atoms with Gasteiger partial charge in [0.1, 0.15) is 5.37 Å². The highest BCUT2D eigenvalue weighted by Crippen LogP contribution is 2.42. The fraction of sp³-hybridized carbons (Fsp3) is 0.263. The van der Waals surface area contributed by atoms with Crippen molar-refractivity contribution in [2.75, 3.05) is 22.5 Å². The minimum absolute atomic E-state index is 0.0490. The van der Waals surface area contributed by atoms with Crippen LogP contribution in [-0.2, 0) is 4.79 Å². The predicted molar refractivity (Wildman–Crippen MR) is 103 cm³/mol. The van der Waals surface area contributed by atoms with E-state index >= 15 is 0 Å². The van der Waals surface area contributed by atoms with Gasteiger partial charge in [0.25, 0.3) is 0 Å². The number of benzene rings is 2. The van der Waals surface area contributed by atoms with Gasteiger partial charge >= 0.3 is 6.03 Å². The molecule has 2 N–H and O–H groups in total. The summed E-state index contributed by atoms with van der Waals surface area (Å²) >= 11 is 1.62. The van der Waals surface area contributed by atoms with Crippen LogP contribution < -0.4 is 15.5 Å². The summed E-state index contributed by atoms with van der Waals surface area (Å²) in [4.78, 5) is 25.9. The first-order valence-corrected chi connectivity index (χ1v) is 9.29. The molecule has 0 spiro atoms. The van der Waals surface area contributed by atoms with Crippen molar-refractivity contribution in [3.63, 3.8) is 0 Å². The lowest BCUT2D eigenvalue weighted by atomic mass is 10.1. The van der Waals surface area contributed by atoms with Gasteiger partial charge in [0.15, 0.2) is 0 Å². The molecule has 130 valence electrons. The van der Waals surface area contributed by atoms with E-state index < -0.39 is 0 Å². The molecule has 0 aliphatic carbocycles. The maximum absolute atomic E-state index is 12.4. The molecule has 0 bridgehead atoms. The van der Waals surface area contributed by atoms with Crippen LogP contribution in [0.25, 0.3) is 0 Å². The molecule has 2 aromatic rings. The minimum atomic E-state index is -0.220. The summed E-state index contributed by atoms with van der Waals surface area (Å²) < 4.78 is 0. The summed E-state index contributed by atoms with van der Waals surface area (Å²) in [5.41, 5.74) is 3.80. The molecule has 0 aromatic heterocycles. The Labute approximate surface area is 151 Å². The number of aryl methyl sites for hydroxylation is 1. The molecule has 0 radical (unpaired) electrons. The first-order valence-electron chi connectivity index (χ1n) is 8.24. The van der Waals surface area contributed by atoms with Gasteiger partial charge in [-0.25, -0.2) is 4.79 Å². The number of nitrogens with zero attached hydrogens (tertiary/aromatic N) is 1. The van der Waals surface area contributed by atoms with Gasteiger partial charge in [-0.2, -0.15) is 0 Å². The lowest BCUT2D eigenvalue weighted by molar-refractivity contribution is -0.115. The molecule has 3 rings (SSSR count). The topological polar surface area (TPSA) is 61.4 Å². The number of amides is 3. The average molecular weight is 355 g/mol. The fourth-order valence-corrected chi connectivity index (χ4v) is 4.00. The van der Waals surface area contributed by atoms with Gasteiger partial charge in [0, 0.05) is 17.9 Å². The largest absolute Gasteiger partial charge is 0.338 e. The Hall–Kier alpha value is -2.47. The lowest BCUT2D eigenvalue weighted by Crippen LogP contribution is -2.29. The van der Waals surface area contributed by atoms with Crippen molar-refractivity contribution in [3.05, 3.63) is 59.7 Å². The van der Waals surface area contributed by atoms with Crippen LogP contribution in [-0.4, -0.2) is 24.2 Å². The Bertz CT molecular complexity index is 776. The van der Waals surface area contributed by atoms with Crippen molar-refractivity contribution in [3.8, 4) is 0 Å². The number of thioether (sulfide) groups is 1. The summed E-state index contributed by atoms with van der Waals surface area (Å²) in [5.74, 6) is 0.589. The number of carbonyl (C=O) groups is 2. The lowest BCUT2D eigenvalue weighted by Gasteiger charge is -2.26. The van der Waals surface area contributed by atoms with E-state index in [0.29, 0.717) is 12.3 Å². The van der Waals surface area contributed by atoms with Crippen LogP contribution in [0.1, 0.15) is 23.4 Å². The second-order valence-corrected chi connectivity index (χ2v) is 6.89. The van der Waals surface area contributed by atoms with E-state index in [2.05, 4.69) is 10.6 Å². The van der Waals surface area contributed by atoms with E-state index in [4.69, 9.17) is 0 Å². The Morgan fingerprint density at radius 3 is 2.60 bits per heavy atom. The number of para-hydroxylation sites is 1. The normalized spacial score (nSPS) is 16.8. The molecule has 3 amide bonds. The van der Waals surface area contributed by atoms with E-state index in [-0.39, 0.29) is 17.3 Å². The zero-order valence-electron chi connectivity index (χ0n) is 14.3. The molecule has 2 aromatic carbocycles. The van der Waals surface area contributed by atoms with Gasteiger partial charge < -0.3 is 10.6 Å². The van der Waals surface area contributed by atoms with Crippen molar-refractivity contribution < 1.29 is 9.59 Å². The molecule has 1 atom stereocenters. The number of hydrogen-bond donors (Lipinski definition) is 2. The van der Waals surface area contributed by atoms with E-state index in [1.165, 1.54) is 0 Å². The maximum atomic E-state index is 12.4. The molecule has 1 saturated heterocycles. The molecule has 1 aliphatic heterocycles. The Morgan fingerprint density at radius 2 is 1.92 bits per heavy atom. The van der Waals surface area contributed by atoms with Crippen LogP contribution in [0, 0.1) is 6.92 Å². The number of urea groups is 1. The molecule has 0 saturated carbocycles. The third-order valence-electron chi connectivity index (χ3n) is 4.03. The van der Waals surface area contributed by atoms with Crippen LogP contribution in [0.2, 0.25) is 0 Å². The van der Waals surface area contributed by atoms with Gasteiger partial charge in [-0.05, 0) is 43.2 Å². The molecule has 1 fully saturated rings. The van der Waals surface area contributed by atoms with Gasteiger partial charge in [-0.1, -0.05) is 30.3 Å². The summed E-state index contributed by atoms with van der Waals surface area (Å²) in [6, 6.07) is 15.4. The Kier molecular flexibility index (Phi) is 5.28. The minimum Gasteiger partial charge on any atom is -0.338 e. The number of hydrogen-bond acceptors (Lipinski definition) is 3. The monoisotopic (exact) mass is 355 g/mol. The van der Waals surface area contributed by atoms with Crippen LogP contribution >= 0.6 is 11.8 Å². The zero-order chi connectivity index (χ0) is 17.8. The first-order chi connectivity index (χ1) is 12.1. The van der Waals surface area contributed by atoms with Crippen molar-refractivity contribution >= 4 is 35.1 Å². The smallest absolute Gasteiger partial charge is 0.319 e. The molecule has 1 aliphatic rings. The summed E-state index contributed by atoms with van der Waals surface area (Å²) in [5, 5.41) is 5.43. The number of rotatable bonds is 4. The Balaban J connectivity index is 1.82. The van der Waals surface area contributed by atoms with E-state index in [1.54, 1.807) is 11.8 Å². The quantitative estimate of drug-likeness (QED) is 0.874. The van der Waals surface area contributed by atoms with Crippen LogP contribution in [0.15, 0.2) is 48.5 Å². The second-order valence-electron chi connectivity index (χ2n) is 5.82. The third kappa shape index (κ3) is 3.79. The first kappa shape index (κ1) is 17.4. The predicted octanol–water partition coefficient (Wildman–Crippen LogP) is 3.92. The van der Waals surface area contributed by atoms with E-state index in [9.17, 15) is 9.59 Å². The van der Waals surface area contributed by atoms with Crippen LogP contribution in [0.4, 0.5) is 16.2 Å². The molecule has 6 heteroatoms. The maximum Gasteiger partial charge on any atom is 0.319 e. The van der Waals surface area contributed by atoms with Gasteiger partial charge in [-0.15, -0.1) is 11.8 Å². The second kappa shape index (κ2) is 7.61. The van der Waals surface area contributed by atoms with E-state index in [1.807, 2.05) is 67.3 Å². The van der Waals surface area contributed by atoms with Gasteiger partial charge in [0.05, 0.1) is 5.75 Å². The van der Waals surface area contributed by atoms with Crippen LogP contribution in [0.3, 0.4) is 0 Å². The highest BCUT2D eigenvalue weighted by atomic mass is 32.2. The van der Waals surface area contributed by atoms with Gasteiger partial charge in [0.2, 0.25) is 5.91 Å². The van der Waals surface area contributed by atoms with Crippen molar-refractivity contribution in [2.24, 2.45) is 0 Å². The molecular formula is C19H21N3O2S. The fourth-order valence-electron chi connectivity index (χ4n) is 2.83. The molecule has 5 nitrogen and oxygen atoms in total. The summed E-state index contributed by atoms with van der Waals surface area (Å²) in [7, 11) is 0. The molecular weight excluding hydrogens is 334 g/mol. The highest BCUT2D eigenvalue weighted by molar-refractivity contribution is 8.00. The van der Waals surface area contributed by atoms with Crippen LogP contribution in [0.5, 0.6) is 0 Å². The van der Waals surface area contributed by atoms with E-state index in [0.717, 1.165) is 22.5 Å². The number of nitrogens with one attached hydrogen (secondary N) is 2. The van der Waals surface area contributed by atoms with Gasteiger partial charge in [-0.3, -0.25) is 9.69 Å². The molecule has 0 unspecified atom stereocenters. The summed E-state index contributed by atoms with van der Waals surface area (Å²) in [6.07, 6.45) is 0. The van der Waals surface area contributed by atoms with Crippen molar-refractivity contribution in [1.82, 2.24) is 5.32 Å². The highest BCUT2D eigenvalue weighted by Gasteiger charge is 2.34. The number of carbonyl (C=O) groups excluding carboxylic acids is 2. The SMILES string of the molecule is CCNC(=O)Nc1ccc([C@@H]2SCC(=O)N2c2ccccc2C)cc1. The van der Waals surface area contributed by atoms with Crippen molar-refractivity contribution in [2.45, 2.75) is 19.2 Å². The average Bonchev–Trinajstić information content (AvgIpc) is 2.98. The molecule has 25 heavy (non-hydrogen) atoms. The zero-order valence-corrected chi connectivity index (χ0v) is 15.1. The Morgan fingerprint density at radius 1 is 1.20 bits per heavy atom. The summed E-state index contributed by atoms with van der Waals surface area (Å²) in [6.45, 7) is 4.47. The third-order valence-corrected chi connectivity index (χ3v) is 5.25. The number of anilines is 2.